The first-order valence-electron chi connectivity index (χ1n) is 7.95. The molecule has 0 bridgehead atoms. The molecule has 1 N–H and O–H groups in total. The van der Waals surface area contributed by atoms with Crippen LogP contribution in [0.5, 0.6) is 0 Å². The lowest BCUT2D eigenvalue weighted by Crippen LogP contribution is -2.45. The fourth-order valence-electron chi connectivity index (χ4n) is 2.69. The number of para-hydroxylation sites is 1. The molecule has 1 aliphatic heterocycles. The Balaban J connectivity index is 1.65. The van der Waals surface area contributed by atoms with E-state index < -0.39 is 0 Å². The summed E-state index contributed by atoms with van der Waals surface area (Å²) in [7, 11) is 0. The number of hydrogen-bond donors (Lipinski definition) is 1. The Morgan fingerprint density at radius 2 is 1.88 bits per heavy atom. The highest BCUT2D eigenvalue weighted by molar-refractivity contribution is 6.03. The van der Waals surface area contributed by atoms with Crippen LogP contribution in [-0.2, 0) is 4.79 Å². The lowest BCUT2D eigenvalue weighted by molar-refractivity contribution is -0.118. The zero-order chi connectivity index (χ0) is 16.9. The monoisotopic (exact) mass is 324 g/mol. The number of anilines is 2. The number of aryl methyl sites for hydroxylation is 1. The van der Waals surface area contributed by atoms with Crippen molar-refractivity contribution < 1.29 is 9.59 Å². The molecule has 0 aliphatic carbocycles. The minimum Gasteiger partial charge on any atom is -0.367 e. The first-order valence-corrected chi connectivity index (χ1v) is 7.95. The van der Waals surface area contributed by atoms with Gasteiger partial charge in [-0.15, -0.1) is 0 Å². The predicted octanol–water partition coefficient (Wildman–Crippen LogP) is 1.92. The molecule has 1 aromatic carbocycles. The molecule has 0 unspecified atom stereocenters. The Morgan fingerprint density at radius 3 is 2.50 bits per heavy atom. The van der Waals surface area contributed by atoms with Gasteiger partial charge in [-0.3, -0.25) is 9.59 Å². The van der Waals surface area contributed by atoms with Crippen LogP contribution >= 0.6 is 0 Å². The lowest BCUT2D eigenvalue weighted by atomic mass is 10.2. The molecule has 1 saturated heterocycles. The molecular formula is C18H20N4O2. The van der Waals surface area contributed by atoms with Crippen LogP contribution < -0.4 is 10.2 Å². The molecule has 2 aromatic rings. The number of amides is 2. The molecule has 0 spiro atoms. The van der Waals surface area contributed by atoms with Crippen LogP contribution in [0.15, 0.2) is 42.6 Å². The summed E-state index contributed by atoms with van der Waals surface area (Å²) >= 11 is 0. The predicted molar refractivity (Wildman–Crippen MR) is 93.2 cm³/mol. The summed E-state index contributed by atoms with van der Waals surface area (Å²) < 4.78 is 0. The van der Waals surface area contributed by atoms with Crippen LogP contribution in [0.1, 0.15) is 16.1 Å². The molecule has 0 atom stereocenters. The number of piperazine rings is 1. The van der Waals surface area contributed by atoms with Crippen molar-refractivity contribution in [2.75, 3.05) is 36.4 Å². The van der Waals surface area contributed by atoms with Crippen molar-refractivity contribution in [3.05, 3.63) is 53.9 Å². The maximum absolute atomic E-state index is 12.3. The van der Waals surface area contributed by atoms with E-state index >= 15 is 0 Å². The first kappa shape index (κ1) is 16.0. The number of carbonyl (C=O) groups is 2. The van der Waals surface area contributed by atoms with Gasteiger partial charge in [0, 0.05) is 31.9 Å². The molecule has 1 fully saturated rings. The van der Waals surface area contributed by atoms with E-state index in [4.69, 9.17) is 0 Å². The van der Waals surface area contributed by atoms with Crippen LogP contribution in [0, 0.1) is 6.92 Å². The molecule has 6 nitrogen and oxygen atoms in total. The minimum atomic E-state index is -0.221. The molecule has 1 aliphatic rings. The van der Waals surface area contributed by atoms with Gasteiger partial charge in [-0.25, -0.2) is 4.98 Å². The Kier molecular flexibility index (Phi) is 4.74. The van der Waals surface area contributed by atoms with Crippen molar-refractivity contribution in [2.45, 2.75) is 6.92 Å². The number of benzene rings is 1. The van der Waals surface area contributed by atoms with Crippen molar-refractivity contribution in [1.82, 2.24) is 9.88 Å². The number of rotatable bonds is 4. The van der Waals surface area contributed by atoms with Gasteiger partial charge in [0.2, 0.25) is 6.41 Å². The third-order valence-electron chi connectivity index (χ3n) is 4.20. The van der Waals surface area contributed by atoms with Gasteiger partial charge in [-0.05, 0) is 30.7 Å². The van der Waals surface area contributed by atoms with Crippen LogP contribution in [0.3, 0.4) is 0 Å². The fraction of sp³-hybridized carbons (Fsp3) is 0.278. The van der Waals surface area contributed by atoms with Gasteiger partial charge in [0.25, 0.3) is 5.91 Å². The SMILES string of the molecule is Cc1ccccc1NC(=O)c1ccc(N2CCN(C=O)CC2)cn1. The summed E-state index contributed by atoms with van der Waals surface area (Å²) in [5, 5.41) is 2.88. The van der Waals surface area contributed by atoms with E-state index in [0.29, 0.717) is 18.8 Å². The second-order valence-electron chi connectivity index (χ2n) is 5.80. The largest absolute Gasteiger partial charge is 0.367 e. The summed E-state index contributed by atoms with van der Waals surface area (Å²) in [6.07, 6.45) is 2.60. The molecule has 0 saturated carbocycles. The van der Waals surface area contributed by atoms with E-state index in [1.807, 2.05) is 37.3 Å². The third kappa shape index (κ3) is 3.53. The molecule has 2 amide bonds. The molecule has 124 valence electrons. The van der Waals surface area contributed by atoms with E-state index in [9.17, 15) is 9.59 Å². The maximum atomic E-state index is 12.3. The fourth-order valence-corrected chi connectivity index (χ4v) is 2.69. The number of nitrogens with one attached hydrogen (secondary N) is 1. The molecule has 2 heterocycles. The number of nitrogens with zero attached hydrogens (tertiary/aromatic N) is 3. The van der Waals surface area contributed by atoms with Crippen LogP contribution in [0.4, 0.5) is 11.4 Å². The number of hydrogen-bond acceptors (Lipinski definition) is 4. The average Bonchev–Trinajstić information content (AvgIpc) is 2.64. The van der Waals surface area contributed by atoms with E-state index in [1.54, 1.807) is 17.2 Å². The Hall–Kier alpha value is -2.89. The quantitative estimate of drug-likeness (QED) is 0.873. The summed E-state index contributed by atoms with van der Waals surface area (Å²) in [6.45, 7) is 4.91. The van der Waals surface area contributed by atoms with Gasteiger partial charge >= 0.3 is 0 Å². The normalized spacial score (nSPS) is 14.4. The van der Waals surface area contributed by atoms with Gasteiger partial charge in [0.1, 0.15) is 5.69 Å². The Bertz CT molecular complexity index is 722. The number of pyridine rings is 1. The highest BCUT2D eigenvalue weighted by atomic mass is 16.2. The summed E-state index contributed by atoms with van der Waals surface area (Å²) in [4.78, 5) is 31.3. The summed E-state index contributed by atoms with van der Waals surface area (Å²) in [5.74, 6) is -0.221. The minimum absolute atomic E-state index is 0.221. The smallest absolute Gasteiger partial charge is 0.274 e. The highest BCUT2D eigenvalue weighted by Crippen LogP contribution is 2.17. The van der Waals surface area contributed by atoms with E-state index in [-0.39, 0.29) is 5.91 Å². The van der Waals surface area contributed by atoms with Crippen molar-refractivity contribution in [3.63, 3.8) is 0 Å². The summed E-state index contributed by atoms with van der Waals surface area (Å²) in [5.41, 5.74) is 3.15. The van der Waals surface area contributed by atoms with Crippen molar-refractivity contribution in [3.8, 4) is 0 Å². The number of carbonyl (C=O) groups excluding carboxylic acids is 2. The second kappa shape index (κ2) is 7.12. The average molecular weight is 324 g/mol. The lowest BCUT2D eigenvalue weighted by Gasteiger charge is -2.33. The van der Waals surface area contributed by atoms with Gasteiger partial charge in [0.05, 0.1) is 11.9 Å². The van der Waals surface area contributed by atoms with Gasteiger partial charge in [-0.1, -0.05) is 18.2 Å². The molecule has 0 radical (unpaired) electrons. The van der Waals surface area contributed by atoms with Gasteiger partial charge in [-0.2, -0.15) is 0 Å². The van der Waals surface area contributed by atoms with E-state index in [1.165, 1.54) is 0 Å². The van der Waals surface area contributed by atoms with Crippen molar-refractivity contribution in [2.24, 2.45) is 0 Å². The molecule has 24 heavy (non-hydrogen) atoms. The van der Waals surface area contributed by atoms with Crippen LogP contribution in [-0.4, -0.2) is 48.4 Å². The van der Waals surface area contributed by atoms with E-state index in [0.717, 1.165) is 36.4 Å². The second-order valence-corrected chi connectivity index (χ2v) is 5.80. The molecular weight excluding hydrogens is 304 g/mol. The number of aromatic nitrogens is 1. The van der Waals surface area contributed by atoms with E-state index in [2.05, 4.69) is 15.2 Å². The topological polar surface area (TPSA) is 65.5 Å². The first-order chi connectivity index (χ1) is 11.7. The molecule has 3 rings (SSSR count). The van der Waals surface area contributed by atoms with Gasteiger partial charge in [0.15, 0.2) is 0 Å². The third-order valence-corrected chi connectivity index (χ3v) is 4.20. The van der Waals surface area contributed by atoms with Crippen molar-refractivity contribution in [1.29, 1.82) is 0 Å². The summed E-state index contributed by atoms with van der Waals surface area (Å²) in [6, 6.07) is 11.3. The van der Waals surface area contributed by atoms with Gasteiger partial charge < -0.3 is 15.1 Å². The zero-order valence-electron chi connectivity index (χ0n) is 13.6. The van der Waals surface area contributed by atoms with Crippen molar-refractivity contribution >= 4 is 23.7 Å². The Morgan fingerprint density at radius 1 is 1.12 bits per heavy atom. The highest BCUT2D eigenvalue weighted by Gasteiger charge is 2.16. The maximum Gasteiger partial charge on any atom is 0.274 e. The zero-order valence-corrected chi connectivity index (χ0v) is 13.6. The Labute approximate surface area is 141 Å². The molecule has 1 aromatic heterocycles. The van der Waals surface area contributed by atoms with Crippen LogP contribution in [0.2, 0.25) is 0 Å². The standard InChI is InChI=1S/C18H20N4O2/c1-14-4-2-3-5-16(14)20-18(24)17-7-6-15(12-19-17)22-10-8-21(13-23)9-11-22/h2-7,12-13H,8-11H2,1H3,(H,20,24). The van der Waals surface area contributed by atoms with Crippen LogP contribution in [0.25, 0.3) is 0 Å². The molecule has 6 heteroatoms.